The van der Waals surface area contributed by atoms with Gasteiger partial charge in [-0.1, -0.05) is 24.3 Å². The van der Waals surface area contributed by atoms with Gasteiger partial charge in [-0.15, -0.1) is 0 Å². The topological polar surface area (TPSA) is 33.1 Å². The van der Waals surface area contributed by atoms with Gasteiger partial charge in [-0.05, 0) is 42.0 Å². The first-order valence-electron chi connectivity index (χ1n) is 6.04. The van der Waals surface area contributed by atoms with Gasteiger partial charge in [0.15, 0.2) is 0 Å². The van der Waals surface area contributed by atoms with Crippen LogP contribution in [0.2, 0.25) is 0 Å². The van der Waals surface area contributed by atoms with Crippen molar-refractivity contribution in [2.75, 3.05) is 0 Å². The normalized spacial score (nSPS) is 15.6. The van der Waals surface area contributed by atoms with Crippen LogP contribution >= 0.6 is 0 Å². The second-order valence-corrected chi connectivity index (χ2v) is 4.57. The largest absolute Gasteiger partial charge is 0.384 e. The molecule has 0 bridgehead atoms. The Labute approximate surface area is 101 Å². The van der Waals surface area contributed by atoms with Gasteiger partial charge in [0, 0.05) is 18.0 Å². The van der Waals surface area contributed by atoms with Crippen molar-refractivity contribution in [2.24, 2.45) is 0 Å². The maximum absolute atomic E-state index is 10.3. The van der Waals surface area contributed by atoms with E-state index in [1.165, 1.54) is 24.0 Å². The molecule has 2 heteroatoms. The van der Waals surface area contributed by atoms with Crippen molar-refractivity contribution in [3.05, 3.63) is 65.0 Å². The molecule has 1 unspecified atom stereocenters. The summed E-state index contributed by atoms with van der Waals surface area (Å²) in [5, 5.41) is 10.3. The quantitative estimate of drug-likeness (QED) is 0.852. The molecule has 86 valence electrons. The molecule has 2 nitrogen and oxygen atoms in total. The summed E-state index contributed by atoms with van der Waals surface area (Å²) < 4.78 is 0. The van der Waals surface area contributed by atoms with Gasteiger partial charge in [0.25, 0.3) is 0 Å². The zero-order chi connectivity index (χ0) is 11.7. The summed E-state index contributed by atoms with van der Waals surface area (Å²) in [4.78, 5) is 4.04. The molecule has 0 amide bonds. The van der Waals surface area contributed by atoms with Crippen molar-refractivity contribution in [2.45, 2.75) is 25.4 Å². The van der Waals surface area contributed by atoms with E-state index in [1.807, 2.05) is 18.2 Å². The summed E-state index contributed by atoms with van der Waals surface area (Å²) in [5.41, 5.74) is 4.65. The third kappa shape index (κ3) is 1.96. The number of hydrogen-bond donors (Lipinski definition) is 1. The lowest BCUT2D eigenvalue weighted by molar-refractivity contribution is 0.220. The fraction of sp³-hybridized carbons (Fsp3) is 0.267. The van der Waals surface area contributed by atoms with Gasteiger partial charge in [0.05, 0.1) is 0 Å². The summed E-state index contributed by atoms with van der Waals surface area (Å²) in [7, 11) is 0. The molecule has 1 atom stereocenters. The molecule has 17 heavy (non-hydrogen) atoms. The molecule has 0 aliphatic heterocycles. The van der Waals surface area contributed by atoms with Crippen LogP contribution in [0.25, 0.3) is 0 Å². The van der Waals surface area contributed by atoms with E-state index >= 15 is 0 Å². The Kier molecular flexibility index (Phi) is 2.65. The molecule has 0 radical (unpaired) electrons. The van der Waals surface area contributed by atoms with E-state index in [0.717, 1.165) is 17.5 Å². The number of hydrogen-bond acceptors (Lipinski definition) is 2. The molecular weight excluding hydrogens is 210 g/mol. The van der Waals surface area contributed by atoms with Crippen molar-refractivity contribution in [3.8, 4) is 0 Å². The summed E-state index contributed by atoms with van der Waals surface area (Å²) >= 11 is 0. The van der Waals surface area contributed by atoms with Gasteiger partial charge < -0.3 is 5.11 Å². The first kappa shape index (κ1) is 10.5. The average molecular weight is 225 g/mol. The number of benzene rings is 1. The average Bonchev–Trinajstić information content (AvgIpc) is 2.86. The van der Waals surface area contributed by atoms with E-state index in [2.05, 4.69) is 17.1 Å². The van der Waals surface area contributed by atoms with Crippen LogP contribution in [0.3, 0.4) is 0 Å². The fourth-order valence-electron chi connectivity index (χ4n) is 2.49. The van der Waals surface area contributed by atoms with Gasteiger partial charge in [0.1, 0.15) is 6.10 Å². The van der Waals surface area contributed by atoms with E-state index < -0.39 is 6.10 Å². The molecule has 1 N–H and O–H groups in total. The Morgan fingerprint density at radius 1 is 1.06 bits per heavy atom. The molecular formula is C15H15NO. The zero-order valence-electron chi connectivity index (χ0n) is 9.63. The highest BCUT2D eigenvalue weighted by Gasteiger charge is 2.15. The van der Waals surface area contributed by atoms with Gasteiger partial charge in [-0.25, -0.2) is 0 Å². The Bertz CT molecular complexity index is 522. The van der Waals surface area contributed by atoms with Crippen molar-refractivity contribution < 1.29 is 5.11 Å². The lowest BCUT2D eigenvalue weighted by Gasteiger charge is -2.12. The predicted molar refractivity (Wildman–Crippen MR) is 66.8 cm³/mol. The van der Waals surface area contributed by atoms with Crippen LogP contribution in [0.5, 0.6) is 0 Å². The molecule has 0 saturated carbocycles. The summed E-state index contributed by atoms with van der Waals surface area (Å²) in [6, 6.07) is 10.1. The standard InChI is InChI=1S/C15H15NO/c17-15(14-5-2-8-16-10-14)13-7-6-11-3-1-4-12(11)9-13/h2,5-10,15,17H,1,3-4H2. The number of pyridine rings is 1. The molecule has 1 aromatic heterocycles. The monoisotopic (exact) mass is 225 g/mol. The second-order valence-electron chi connectivity index (χ2n) is 4.57. The van der Waals surface area contributed by atoms with Crippen LogP contribution in [-0.2, 0) is 12.8 Å². The number of nitrogens with zero attached hydrogens (tertiary/aromatic N) is 1. The highest BCUT2D eigenvalue weighted by Crippen LogP contribution is 2.27. The molecule has 0 saturated heterocycles. The Balaban J connectivity index is 1.94. The van der Waals surface area contributed by atoms with Gasteiger partial charge in [-0.2, -0.15) is 0 Å². The SMILES string of the molecule is OC(c1cccnc1)c1ccc2c(c1)CCC2. The summed E-state index contributed by atoms with van der Waals surface area (Å²) in [6.45, 7) is 0. The number of aliphatic hydroxyl groups excluding tert-OH is 1. The van der Waals surface area contributed by atoms with E-state index in [9.17, 15) is 5.11 Å². The predicted octanol–water partition coefficient (Wildman–Crippen LogP) is 2.65. The minimum atomic E-state index is -0.561. The maximum atomic E-state index is 10.3. The Morgan fingerprint density at radius 2 is 1.94 bits per heavy atom. The maximum Gasteiger partial charge on any atom is 0.106 e. The van der Waals surface area contributed by atoms with Crippen molar-refractivity contribution in [1.29, 1.82) is 0 Å². The van der Waals surface area contributed by atoms with Crippen LogP contribution in [-0.4, -0.2) is 10.1 Å². The number of aryl methyl sites for hydroxylation is 2. The first-order valence-corrected chi connectivity index (χ1v) is 6.04. The molecule has 1 aliphatic rings. The molecule has 2 aromatic rings. The van der Waals surface area contributed by atoms with Gasteiger partial charge >= 0.3 is 0 Å². The molecule has 0 spiro atoms. The van der Waals surface area contributed by atoms with E-state index in [4.69, 9.17) is 0 Å². The van der Waals surface area contributed by atoms with Crippen molar-refractivity contribution >= 4 is 0 Å². The first-order chi connectivity index (χ1) is 8.34. The third-order valence-electron chi connectivity index (χ3n) is 3.44. The fourth-order valence-corrected chi connectivity index (χ4v) is 2.49. The lowest BCUT2D eigenvalue weighted by atomic mass is 9.99. The smallest absolute Gasteiger partial charge is 0.106 e. The molecule has 0 fully saturated rings. The summed E-state index contributed by atoms with van der Waals surface area (Å²) in [5.74, 6) is 0. The van der Waals surface area contributed by atoms with Crippen LogP contribution in [0.15, 0.2) is 42.7 Å². The van der Waals surface area contributed by atoms with Gasteiger partial charge in [-0.3, -0.25) is 4.98 Å². The molecule has 1 aliphatic carbocycles. The number of aromatic nitrogens is 1. The Morgan fingerprint density at radius 3 is 2.76 bits per heavy atom. The van der Waals surface area contributed by atoms with E-state index in [1.54, 1.807) is 12.4 Å². The second kappa shape index (κ2) is 4.30. The van der Waals surface area contributed by atoms with Crippen molar-refractivity contribution in [3.63, 3.8) is 0 Å². The van der Waals surface area contributed by atoms with Gasteiger partial charge in [0.2, 0.25) is 0 Å². The lowest BCUT2D eigenvalue weighted by Crippen LogP contribution is -2.01. The third-order valence-corrected chi connectivity index (χ3v) is 3.44. The molecule has 1 heterocycles. The summed E-state index contributed by atoms with van der Waals surface area (Å²) in [6.07, 6.45) is 6.44. The van der Waals surface area contributed by atoms with Crippen LogP contribution in [0.4, 0.5) is 0 Å². The van der Waals surface area contributed by atoms with Crippen LogP contribution in [0, 0.1) is 0 Å². The van der Waals surface area contributed by atoms with Crippen LogP contribution in [0.1, 0.15) is 34.8 Å². The highest BCUT2D eigenvalue weighted by atomic mass is 16.3. The minimum Gasteiger partial charge on any atom is -0.384 e. The van der Waals surface area contributed by atoms with E-state index in [0.29, 0.717) is 0 Å². The molecule has 3 rings (SSSR count). The highest BCUT2D eigenvalue weighted by molar-refractivity contribution is 5.38. The zero-order valence-corrected chi connectivity index (χ0v) is 9.63. The molecule has 1 aromatic carbocycles. The van der Waals surface area contributed by atoms with E-state index in [-0.39, 0.29) is 0 Å². The van der Waals surface area contributed by atoms with Crippen LogP contribution < -0.4 is 0 Å². The number of rotatable bonds is 2. The number of aliphatic hydroxyl groups is 1. The number of fused-ring (bicyclic) bond motifs is 1. The van der Waals surface area contributed by atoms with Crippen molar-refractivity contribution in [1.82, 2.24) is 4.98 Å². The minimum absolute atomic E-state index is 0.561. The Hall–Kier alpha value is -1.67.